The molecule has 1 amide bonds. The van der Waals surface area contributed by atoms with Crippen LogP contribution in [0.5, 0.6) is 5.75 Å². The van der Waals surface area contributed by atoms with Gasteiger partial charge in [-0.25, -0.2) is 4.39 Å². The molecule has 0 fully saturated rings. The van der Waals surface area contributed by atoms with E-state index in [1.807, 2.05) is 0 Å². The fraction of sp³-hybridized carbons (Fsp3) is 0.429. The predicted octanol–water partition coefficient (Wildman–Crippen LogP) is 1.82. The lowest BCUT2D eigenvalue weighted by molar-refractivity contribution is -0.141. The summed E-state index contributed by atoms with van der Waals surface area (Å²) in [6.45, 7) is 4.62. The van der Waals surface area contributed by atoms with E-state index in [1.165, 1.54) is 31.2 Å². The van der Waals surface area contributed by atoms with Gasteiger partial charge in [-0.3, -0.25) is 9.59 Å². The molecule has 0 saturated heterocycles. The number of carbonyl (C=O) groups excluding carboxylic acids is 1. The van der Waals surface area contributed by atoms with Gasteiger partial charge in [0.2, 0.25) is 0 Å². The number of carboxylic acid groups (broad SMARTS) is 1. The lowest BCUT2D eigenvalue weighted by Gasteiger charge is -2.25. The highest BCUT2D eigenvalue weighted by atomic mass is 19.1. The first kappa shape index (κ1) is 15.9. The third kappa shape index (κ3) is 4.53. The van der Waals surface area contributed by atoms with E-state index in [4.69, 9.17) is 9.84 Å². The maximum Gasteiger partial charge on any atom is 0.308 e. The van der Waals surface area contributed by atoms with Crippen molar-refractivity contribution in [3.63, 3.8) is 0 Å². The third-order valence-corrected chi connectivity index (χ3v) is 2.72. The Balaban J connectivity index is 2.61. The first-order valence-corrected chi connectivity index (χ1v) is 6.18. The molecule has 1 aromatic rings. The predicted molar refractivity (Wildman–Crippen MR) is 70.9 cm³/mol. The summed E-state index contributed by atoms with van der Waals surface area (Å²) in [6, 6.07) is 5.31. The summed E-state index contributed by atoms with van der Waals surface area (Å²) >= 11 is 0. The summed E-state index contributed by atoms with van der Waals surface area (Å²) in [5, 5.41) is 11.3. The maximum atomic E-state index is 12.8. The molecular formula is C14H18FNO4. The standard InChI is InChI=1S/C14H18FNO4/c1-9(12(17)18)8-16-13(19)14(2,3)20-11-6-4-10(15)5-7-11/h4-7,9H,8H2,1-3H3,(H,16,19)(H,17,18). The van der Waals surface area contributed by atoms with E-state index in [9.17, 15) is 14.0 Å². The molecule has 1 atom stereocenters. The molecule has 1 rings (SSSR count). The minimum Gasteiger partial charge on any atom is -0.481 e. The number of amides is 1. The minimum atomic E-state index is -1.18. The van der Waals surface area contributed by atoms with E-state index in [0.717, 1.165) is 0 Å². The first-order valence-electron chi connectivity index (χ1n) is 6.18. The molecule has 2 N–H and O–H groups in total. The van der Waals surface area contributed by atoms with Crippen LogP contribution in [0.2, 0.25) is 0 Å². The van der Waals surface area contributed by atoms with Crippen molar-refractivity contribution in [2.75, 3.05) is 6.54 Å². The second-order valence-electron chi connectivity index (χ2n) is 5.02. The van der Waals surface area contributed by atoms with Gasteiger partial charge in [-0.2, -0.15) is 0 Å². The highest BCUT2D eigenvalue weighted by Gasteiger charge is 2.30. The average molecular weight is 283 g/mol. The number of benzene rings is 1. The Labute approximate surface area is 116 Å². The first-order chi connectivity index (χ1) is 9.22. The molecule has 0 bridgehead atoms. The quantitative estimate of drug-likeness (QED) is 0.835. The lowest BCUT2D eigenvalue weighted by Crippen LogP contribution is -2.48. The van der Waals surface area contributed by atoms with Crippen LogP contribution in [0.25, 0.3) is 0 Å². The molecule has 0 aliphatic rings. The molecule has 6 heteroatoms. The highest BCUT2D eigenvalue weighted by molar-refractivity contribution is 5.85. The van der Waals surface area contributed by atoms with Gasteiger partial charge in [0, 0.05) is 6.54 Å². The number of carboxylic acids is 1. The number of ether oxygens (including phenoxy) is 1. The molecule has 0 saturated carbocycles. The molecule has 110 valence electrons. The Morgan fingerprint density at radius 2 is 1.90 bits per heavy atom. The van der Waals surface area contributed by atoms with Crippen LogP contribution < -0.4 is 10.1 Å². The lowest BCUT2D eigenvalue weighted by atomic mass is 10.1. The summed E-state index contributed by atoms with van der Waals surface area (Å²) in [7, 11) is 0. The molecule has 0 aromatic heterocycles. The van der Waals surface area contributed by atoms with Gasteiger partial charge >= 0.3 is 5.97 Å². The van der Waals surface area contributed by atoms with Crippen molar-refractivity contribution in [3.05, 3.63) is 30.1 Å². The number of rotatable bonds is 6. The summed E-state index contributed by atoms with van der Waals surface area (Å²) in [5.41, 5.74) is -1.18. The van der Waals surface area contributed by atoms with Crippen LogP contribution >= 0.6 is 0 Å². The van der Waals surface area contributed by atoms with Crippen molar-refractivity contribution in [1.29, 1.82) is 0 Å². The Morgan fingerprint density at radius 3 is 2.40 bits per heavy atom. The van der Waals surface area contributed by atoms with Gasteiger partial charge in [-0.1, -0.05) is 6.92 Å². The van der Waals surface area contributed by atoms with Crippen LogP contribution in [0.15, 0.2) is 24.3 Å². The van der Waals surface area contributed by atoms with Gasteiger partial charge in [-0.15, -0.1) is 0 Å². The summed E-state index contributed by atoms with van der Waals surface area (Å²) in [6.07, 6.45) is 0. The molecule has 0 radical (unpaired) electrons. The molecule has 1 aromatic carbocycles. The van der Waals surface area contributed by atoms with Crippen LogP contribution in [-0.2, 0) is 9.59 Å². The normalized spacial score (nSPS) is 12.6. The number of hydrogen-bond donors (Lipinski definition) is 2. The zero-order valence-electron chi connectivity index (χ0n) is 11.6. The van der Waals surface area contributed by atoms with E-state index in [0.29, 0.717) is 5.75 Å². The monoisotopic (exact) mass is 283 g/mol. The third-order valence-electron chi connectivity index (χ3n) is 2.72. The van der Waals surface area contributed by atoms with Crippen LogP contribution in [0.4, 0.5) is 4.39 Å². The fourth-order valence-corrected chi connectivity index (χ4v) is 1.39. The Hall–Kier alpha value is -2.11. The van der Waals surface area contributed by atoms with Gasteiger partial charge in [0.05, 0.1) is 5.92 Å². The molecular weight excluding hydrogens is 265 g/mol. The molecule has 20 heavy (non-hydrogen) atoms. The van der Waals surface area contributed by atoms with Crippen LogP contribution in [0, 0.1) is 11.7 Å². The number of aliphatic carboxylic acids is 1. The van der Waals surface area contributed by atoms with Gasteiger partial charge < -0.3 is 15.2 Å². The highest BCUT2D eigenvalue weighted by Crippen LogP contribution is 2.18. The van der Waals surface area contributed by atoms with Crippen molar-refractivity contribution in [2.45, 2.75) is 26.4 Å². The maximum absolute atomic E-state index is 12.8. The second kappa shape index (κ2) is 6.36. The minimum absolute atomic E-state index is 0.0182. The van der Waals surface area contributed by atoms with Gasteiger partial charge in [0.25, 0.3) is 5.91 Å². The number of carbonyl (C=O) groups is 2. The molecule has 0 heterocycles. The van der Waals surface area contributed by atoms with Crippen molar-refractivity contribution in [3.8, 4) is 5.75 Å². The van der Waals surface area contributed by atoms with Crippen LogP contribution in [0.1, 0.15) is 20.8 Å². The molecule has 5 nitrogen and oxygen atoms in total. The second-order valence-corrected chi connectivity index (χ2v) is 5.02. The van der Waals surface area contributed by atoms with Gasteiger partial charge in [0.15, 0.2) is 5.60 Å². The summed E-state index contributed by atoms with van der Waals surface area (Å²) in [5.74, 6) is -2.13. The smallest absolute Gasteiger partial charge is 0.308 e. The summed E-state index contributed by atoms with van der Waals surface area (Å²) < 4.78 is 18.3. The SMILES string of the molecule is CC(CNC(=O)C(C)(C)Oc1ccc(F)cc1)C(=O)O. The van der Waals surface area contributed by atoms with Crippen molar-refractivity contribution in [1.82, 2.24) is 5.32 Å². The Kier molecular flexibility index (Phi) is 5.07. The number of halogens is 1. The van der Waals surface area contributed by atoms with Gasteiger partial charge in [0.1, 0.15) is 11.6 Å². The molecule has 0 spiro atoms. The van der Waals surface area contributed by atoms with Crippen molar-refractivity contribution >= 4 is 11.9 Å². The molecule has 1 unspecified atom stereocenters. The summed E-state index contributed by atoms with van der Waals surface area (Å²) in [4.78, 5) is 22.6. The molecule has 0 aliphatic heterocycles. The Bertz CT molecular complexity index is 484. The van der Waals surface area contributed by atoms with E-state index in [-0.39, 0.29) is 6.54 Å². The van der Waals surface area contributed by atoms with Crippen LogP contribution in [-0.4, -0.2) is 29.1 Å². The van der Waals surface area contributed by atoms with E-state index >= 15 is 0 Å². The fourth-order valence-electron chi connectivity index (χ4n) is 1.39. The average Bonchev–Trinajstić information content (AvgIpc) is 2.37. The Morgan fingerprint density at radius 1 is 1.35 bits per heavy atom. The number of nitrogens with one attached hydrogen (secondary N) is 1. The number of hydrogen-bond acceptors (Lipinski definition) is 3. The topological polar surface area (TPSA) is 75.6 Å². The largest absolute Gasteiger partial charge is 0.481 e. The van der Waals surface area contributed by atoms with E-state index in [1.54, 1.807) is 13.8 Å². The zero-order valence-corrected chi connectivity index (χ0v) is 11.6. The zero-order chi connectivity index (χ0) is 15.3. The van der Waals surface area contributed by atoms with Crippen molar-refractivity contribution in [2.24, 2.45) is 5.92 Å². The molecule has 0 aliphatic carbocycles. The van der Waals surface area contributed by atoms with Crippen molar-refractivity contribution < 1.29 is 23.8 Å². The van der Waals surface area contributed by atoms with Crippen LogP contribution in [0.3, 0.4) is 0 Å². The van der Waals surface area contributed by atoms with E-state index < -0.39 is 29.2 Å². The van der Waals surface area contributed by atoms with Gasteiger partial charge in [-0.05, 0) is 38.1 Å². The van der Waals surface area contributed by atoms with E-state index in [2.05, 4.69) is 5.32 Å².